The van der Waals surface area contributed by atoms with Gasteiger partial charge >= 0.3 is 0 Å². The van der Waals surface area contributed by atoms with Gasteiger partial charge in [0.1, 0.15) is 0 Å². The highest BCUT2D eigenvalue weighted by atomic mass is 16.2. The standard InChI is InChI=1S/C28H41N3O/c1-27(2)10-11-28(3,4)26-19-22(8-9-25(26)27)23-18-24(21-29-20-23)31-15-13-30(14-16-31)12-6-5-7-17-32/h8-9,18-21,32H,5-7,10-17H2,1-4H3. The summed E-state index contributed by atoms with van der Waals surface area (Å²) in [5.74, 6) is 0. The van der Waals surface area contributed by atoms with Crippen LogP contribution in [0.15, 0.2) is 36.7 Å². The van der Waals surface area contributed by atoms with E-state index in [4.69, 9.17) is 5.11 Å². The minimum Gasteiger partial charge on any atom is -0.396 e. The number of aromatic nitrogens is 1. The van der Waals surface area contributed by atoms with Crippen molar-refractivity contribution in [3.05, 3.63) is 47.8 Å². The molecular weight excluding hydrogens is 394 g/mol. The Morgan fingerprint density at radius 3 is 2.25 bits per heavy atom. The molecule has 4 nitrogen and oxygen atoms in total. The molecule has 1 aromatic carbocycles. The zero-order valence-electron chi connectivity index (χ0n) is 20.5. The topological polar surface area (TPSA) is 39.6 Å². The summed E-state index contributed by atoms with van der Waals surface area (Å²) in [5.41, 5.74) is 7.23. The van der Waals surface area contributed by atoms with Gasteiger partial charge in [0.05, 0.1) is 11.9 Å². The molecule has 0 atom stereocenters. The van der Waals surface area contributed by atoms with Gasteiger partial charge < -0.3 is 10.0 Å². The number of benzene rings is 1. The molecule has 174 valence electrons. The largest absolute Gasteiger partial charge is 0.396 e. The van der Waals surface area contributed by atoms with Gasteiger partial charge in [0.25, 0.3) is 0 Å². The molecule has 4 rings (SSSR count). The Morgan fingerprint density at radius 2 is 1.53 bits per heavy atom. The van der Waals surface area contributed by atoms with E-state index in [-0.39, 0.29) is 10.8 Å². The minimum atomic E-state index is 0.222. The van der Waals surface area contributed by atoms with Crippen molar-refractivity contribution in [2.24, 2.45) is 0 Å². The number of unbranched alkanes of at least 4 members (excludes halogenated alkanes) is 2. The molecule has 1 aromatic heterocycles. The van der Waals surface area contributed by atoms with Crippen molar-refractivity contribution in [1.29, 1.82) is 0 Å². The summed E-state index contributed by atoms with van der Waals surface area (Å²) in [6.07, 6.45) is 9.75. The van der Waals surface area contributed by atoms with Gasteiger partial charge in [-0.15, -0.1) is 0 Å². The molecule has 0 bridgehead atoms. The van der Waals surface area contributed by atoms with E-state index in [0.717, 1.165) is 45.6 Å². The maximum absolute atomic E-state index is 8.95. The van der Waals surface area contributed by atoms with Crippen molar-refractivity contribution in [2.45, 2.75) is 70.6 Å². The SMILES string of the molecule is CC1(C)CCC(C)(C)c2cc(-c3cncc(N4CCN(CCCCCO)CC4)c3)ccc21. The average Bonchev–Trinajstić information content (AvgIpc) is 2.80. The zero-order chi connectivity index (χ0) is 22.8. The molecule has 0 amide bonds. The van der Waals surface area contributed by atoms with Crippen LogP contribution in [-0.2, 0) is 10.8 Å². The molecule has 0 unspecified atom stereocenters. The van der Waals surface area contributed by atoms with Crippen LogP contribution in [0, 0.1) is 0 Å². The maximum atomic E-state index is 8.95. The fraction of sp³-hybridized carbons (Fsp3) is 0.607. The summed E-state index contributed by atoms with van der Waals surface area (Å²) in [6.45, 7) is 15.3. The Hall–Kier alpha value is -1.91. The van der Waals surface area contributed by atoms with E-state index in [1.165, 1.54) is 47.2 Å². The average molecular weight is 436 g/mol. The minimum absolute atomic E-state index is 0.222. The van der Waals surface area contributed by atoms with Crippen LogP contribution in [0.25, 0.3) is 11.1 Å². The van der Waals surface area contributed by atoms with Gasteiger partial charge in [-0.05, 0) is 72.2 Å². The lowest BCUT2D eigenvalue weighted by Crippen LogP contribution is -2.46. The Kier molecular flexibility index (Phi) is 6.92. The highest BCUT2D eigenvalue weighted by molar-refractivity contribution is 5.69. The van der Waals surface area contributed by atoms with E-state index >= 15 is 0 Å². The number of pyridine rings is 1. The normalized spacial score (nSPS) is 20.2. The summed E-state index contributed by atoms with van der Waals surface area (Å²) in [5, 5.41) is 8.95. The number of aliphatic hydroxyl groups is 1. The number of fused-ring (bicyclic) bond motifs is 1. The number of rotatable bonds is 7. The molecular formula is C28H41N3O. The van der Waals surface area contributed by atoms with Crippen LogP contribution in [0.2, 0.25) is 0 Å². The van der Waals surface area contributed by atoms with Gasteiger partial charge in [-0.1, -0.05) is 45.9 Å². The quantitative estimate of drug-likeness (QED) is 0.593. The maximum Gasteiger partial charge on any atom is 0.0559 e. The number of aliphatic hydroxyl groups excluding tert-OH is 1. The molecule has 2 heterocycles. The van der Waals surface area contributed by atoms with Gasteiger partial charge in [0.2, 0.25) is 0 Å². The van der Waals surface area contributed by atoms with Crippen molar-refractivity contribution in [1.82, 2.24) is 9.88 Å². The molecule has 1 saturated heterocycles. The Balaban J connectivity index is 1.47. The summed E-state index contributed by atoms with van der Waals surface area (Å²) >= 11 is 0. The van der Waals surface area contributed by atoms with Crippen molar-refractivity contribution < 1.29 is 5.11 Å². The lowest BCUT2D eigenvalue weighted by molar-refractivity contribution is 0.242. The van der Waals surface area contributed by atoms with E-state index in [1.807, 2.05) is 12.4 Å². The van der Waals surface area contributed by atoms with Crippen LogP contribution in [-0.4, -0.2) is 54.3 Å². The first kappa shape index (κ1) is 23.3. The molecule has 0 spiro atoms. The molecule has 2 aliphatic rings. The molecule has 2 aromatic rings. The predicted molar refractivity (Wildman–Crippen MR) is 135 cm³/mol. The molecule has 1 aliphatic carbocycles. The summed E-state index contributed by atoms with van der Waals surface area (Å²) < 4.78 is 0. The Labute approximate surface area is 194 Å². The van der Waals surface area contributed by atoms with Crippen LogP contribution < -0.4 is 4.90 Å². The van der Waals surface area contributed by atoms with Crippen molar-refractivity contribution in [3.63, 3.8) is 0 Å². The number of piperazine rings is 1. The van der Waals surface area contributed by atoms with Gasteiger partial charge in [-0.25, -0.2) is 0 Å². The molecule has 1 N–H and O–H groups in total. The molecule has 0 saturated carbocycles. The van der Waals surface area contributed by atoms with Crippen LogP contribution in [0.5, 0.6) is 0 Å². The summed E-state index contributed by atoms with van der Waals surface area (Å²) in [7, 11) is 0. The molecule has 32 heavy (non-hydrogen) atoms. The fourth-order valence-electron chi connectivity index (χ4n) is 5.38. The monoisotopic (exact) mass is 435 g/mol. The van der Waals surface area contributed by atoms with Crippen LogP contribution in [0.3, 0.4) is 0 Å². The Bertz CT molecular complexity index is 913. The number of nitrogens with zero attached hydrogens (tertiary/aromatic N) is 3. The first-order valence-electron chi connectivity index (χ1n) is 12.5. The third-order valence-corrected chi connectivity index (χ3v) is 7.78. The predicted octanol–water partition coefficient (Wildman–Crippen LogP) is 5.38. The third-order valence-electron chi connectivity index (χ3n) is 7.78. The second-order valence-electron chi connectivity index (χ2n) is 11.1. The van der Waals surface area contributed by atoms with E-state index < -0.39 is 0 Å². The molecule has 4 heteroatoms. The smallest absolute Gasteiger partial charge is 0.0559 e. The van der Waals surface area contributed by atoms with Crippen molar-refractivity contribution in [2.75, 3.05) is 44.2 Å². The van der Waals surface area contributed by atoms with Crippen molar-refractivity contribution >= 4 is 5.69 Å². The van der Waals surface area contributed by atoms with Gasteiger partial charge in [-0.3, -0.25) is 9.88 Å². The van der Waals surface area contributed by atoms with Gasteiger partial charge in [-0.2, -0.15) is 0 Å². The second kappa shape index (κ2) is 9.52. The number of hydrogen-bond donors (Lipinski definition) is 1. The van der Waals surface area contributed by atoms with E-state index in [2.05, 4.69) is 66.7 Å². The second-order valence-corrected chi connectivity index (χ2v) is 11.1. The lowest BCUT2D eigenvalue weighted by atomic mass is 9.63. The third kappa shape index (κ3) is 5.02. The zero-order valence-corrected chi connectivity index (χ0v) is 20.5. The fourth-order valence-corrected chi connectivity index (χ4v) is 5.38. The number of hydrogen-bond acceptors (Lipinski definition) is 4. The number of anilines is 1. The van der Waals surface area contributed by atoms with Crippen LogP contribution in [0.4, 0.5) is 5.69 Å². The molecule has 1 aliphatic heterocycles. The first-order chi connectivity index (χ1) is 15.3. The van der Waals surface area contributed by atoms with E-state index in [0.29, 0.717) is 6.61 Å². The van der Waals surface area contributed by atoms with Gasteiger partial charge in [0.15, 0.2) is 0 Å². The highest BCUT2D eigenvalue weighted by Crippen LogP contribution is 2.46. The first-order valence-corrected chi connectivity index (χ1v) is 12.5. The highest BCUT2D eigenvalue weighted by Gasteiger charge is 2.37. The van der Waals surface area contributed by atoms with Gasteiger partial charge in [0, 0.05) is 44.5 Å². The molecule has 1 fully saturated rings. The Morgan fingerprint density at radius 1 is 0.812 bits per heavy atom. The van der Waals surface area contributed by atoms with E-state index in [9.17, 15) is 0 Å². The summed E-state index contributed by atoms with van der Waals surface area (Å²) in [6, 6.07) is 9.43. The van der Waals surface area contributed by atoms with Crippen molar-refractivity contribution in [3.8, 4) is 11.1 Å². The summed E-state index contributed by atoms with van der Waals surface area (Å²) in [4.78, 5) is 9.66. The van der Waals surface area contributed by atoms with Crippen LogP contribution in [0.1, 0.15) is 70.9 Å². The van der Waals surface area contributed by atoms with Crippen LogP contribution >= 0.6 is 0 Å². The van der Waals surface area contributed by atoms with E-state index in [1.54, 1.807) is 0 Å². The molecule has 0 radical (unpaired) electrons. The lowest BCUT2D eigenvalue weighted by Gasteiger charge is -2.42.